The fraction of sp³-hybridized carbons (Fsp3) is 0.286. The Balaban J connectivity index is 1.67. The number of furan rings is 1. The second-order valence-corrected chi connectivity index (χ2v) is 7.47. The van der Waals surface area contributed by atoms with E-state index in [1.54, 1.807) is 0 Å². The molecule has 138 valence electrons. The van der Waals surface area contributed by atoms with E-state index in [2.05, 4.69) is 16.4 Å². The molecule has 0 radical (unpaired) electrons. The van der Waals surface area contributed by atoms with Crippen LogP contribution in [0.25, 0.3) is 11.0 Å². The Labute approximate surface area is 162 Å². The lowest BCUT2D eigenvalue weighted by atomic mass is 10.1. The van der Waals surface area contributed by atoms with Crippen molar-refractivity contribution in [3.63, 3.8) is 0 Å². The molecule has 0 aliphatic heterocycles. The summed E-state index contributed by atoms with van der Waals surface area (Å²) in [4.78, 5) is 16.9. The standard InChI is InChI=1S/C21H21N3O2S/c1-12-13(2)17(10-22)21(24-14(12)3)27-11-20(25)23-15(4)19-9-16-7-5-6-8-18(16)26-19/h5-9,15H,11H2,1-4H3,(H,23,25). The van der Waals surface area contributed by atoms with E-state index in [4.69, 9.17) is 4.42 Å². The van der Waals surface area contributed by atoms with Gasteiger partial charge in [0.1, 0.15) is 22.4 Å². The number of aryl methyl sites for hydroxylation is 1. The monoisotopic (exact) mass is 379 g/mol. The van der Waals surface area contributed by atoms with Gasteiger partial charge in [-0.25, -0.2) is 4.98 Å². The highest BCUT2D eigenvalue weighted by atomic mass is 32.2. The summed E-state index contributed by atoms with van der Waals surface area (Å²) in [5.74, 6) is 0.774. The van der Waals surface area contributed by atoms with Crippen molar-refractivity contribution in [1.29, 1.82) is 5.26 Å². The zero-order chi connectivity index (χ0) is 19.6. The molecule has 2 aromatic heterocycles. The molecule has 5 nitrogen and oxygen atoms in total. The Hall–Kier alpha value is -2.78. The number of hydrogen-bond acceptors (Lipinski definition) is 5. The molecule has 1 amide bonds. The van der Waals surface area contributed by atoms with E-state index >= 15 is 0 Å². The van der Waals surface area contributed by atoms with E-state index < -0.39 is 0 Å². The summed E-state index contributed by atoms with van der Waals surface area (Å²) in [6.07, 6.45) is 0. The minimum Gasteiger partial charge on any atom is -0.459 e. The molecule has 0 aliphatic rings. The van der Waals surface area contributed by atoms with Gasteiger partial charge in [-0.3, -0.25) is 4.79 Å². The quantitative estimate of drug-likeness (QED) is 0.656. The van der Waals surface area contributed by atoms with Crippen LogP contribution in [0.5, 0.6) is 0 Å². The average molecular weight is 379 g/mol. The van der Waals surface area contributed by atoms with E-state index in [0.29, 0.717) is 16.3 Å². The third-order valence-corrected chi connectivity index (χ3v) is 5.64. The van der Waals surface area contributed by atoms with E-state index in [-0.39, 0.29) is 17.7 Å². The number of hydrogen-bond donors (Lipinski definition) is 1. The summed E-state index contributed by atoms with van der Waals surface area (Å²) in [7, 11) is 0. The van der Waals surface area contributed by atoms with Crippen molar-refractivity contribution >= 4 is 28.6 Å². The lowest BCUT2D eigenvalue weighted by molar-refractivity contribution is -0.119. The molecule has 3 rings (SSSR count). The molecular formula is C21H21N3O2S. The van der Waals surface area contributed by atoms with Crippen LogP contribution in [0.15, 0.2) is 39.8 Å². The highest BCUT2D eigenvalue weighted by molar-refractivity contribution is 8.00. The van der Waals surface area contributed by atoms with Gasteiger partial charge in [0, 0.05) is 11.1 Å². The highest BCUT2D eigenvalue weighted by Crippen LogP contribution is 2.27. The van der Waals surface area contributed by atoms with Crippen molar-refractivity contribution in [1.82, 2.24) is 10.3 Å². The molecule has 1 aromatic carbocycles. The molecule has 0 fully saturated rings. The number of carbonyl (C=O) groups is 1. The number of fused-ring (bicyclic) bond motifs is 1. The molecule has 0 bridgehead atoms. The normalized spacial score (nSPS) is 12.0. The molecule has 0 saturated heterocycles. The number of aromatic nitrogens is 1. The van der Waals surface area contributed by atoms with Crippen molar-refractivity contribution in [2.75, 3.05) is 5.75 Å². The second-order valence-electron chi connectivity index (χ2n) is 6.50. The van der Waals surface area contributed by atoms with E-state index in [9.17, 15) is 10.1 Å². The number of nitrogens with one attached hydrogen (secondary N) is 1. The van der Waals surface area contributed by atoms with Crippen LogP contribution < -0.4 is 5.32 Å². The van der Waals surface area contributed by atoms with E-state index in [0.717, 1.165) is 27.8 Å². The number of thioether (sulfide) groups is 1. The molecule has 1 N–H and O–H groups in total. The first-order valence-corrected chi connectivity index (χ1v) is 9.67. The summed E-state index contributed by atoms with van der Waals surface area (Å²) < 4.78 is 5.80. The average Bonchev–Trinajstić information content (AvgIpc) is 3.09. The molecule has 1 atom stereocenters. The molecular weight excluding hydrogens is 358 g/mol. The molecule has 0 spiro atoms. The van der Waals surface area contributed by atoms with Crippen LogP contribution in [0.3, 0.4) is 0 Å². The second kappa shape index (κ2) is 7.85. The van der Waals surface area contributed by atoms with Crippen LogP contribution in [-0.2, 0) is 4.79 Å². The molecule has 1 unspecified atom stereocenters. The predicted octanol–water partition coefficient (Wildman–Crippen LogP) is 4.59. The van der Waals surface area contributed by atoms with Crippen LogP contribution in [0.1, 0.15) is 41.1 Å². The van der Waals surface area contributed by atoms with E-state index in [1.165, 1.54) is 11.8 Å². The molecule has 27 heavy (non-hydrogen) atoms. The van der Waals surface area contributed by atoms with Gasteiger partial charge in [-0.15, -0.1) is 0 Å². The van der Waals surface area contributed by atoms with Crippen LogP contribution in [-0.4, -0.2) is 16.6 Å². The van der Waals surface area contributed by atoms with Gasteiger partial charge in [-0.05, 0) is 51.0 Å². The molecule has 0 saturated carbocycles. The third kappa shape index (κ3) is 3.99. The van der Waals surface area contributed by atoms with E-state index in [1.807, 2.05) is 58.0 Å². The van der Waals surface area contributed by atoms with Gasteiger partial charge in [-0.1, -0.05) is 30.0 Å². The van der Waals surface area contributed by atoms with Gasteiger partial charge in [0.2, 0.25) is 5.91 Å². The highest BCUT2D eigenvalue weighted by Gasteiger charge is 2.17. The zero-order valence-electron chi connectivity index (χ0n) is 15.8. The zero-order valence-corrected chi connectivity index (χ0v) is 16.6. The van der Waals surface area contributed by atoms with Crippen LogP contribution in [0.4, 0.5) is 0 Å². The maximum atomic E-state index is 12.4. The summed E-state index contributed by atoms with van der Waals surface area (Å²) in [6.45, 7) is 7.67. The minimum atomic E-state index is -0.240. The van der Waals surface area contributed by atoms with Gasteiger partial charge in [0.25, 0.3) is 0 Å². The van der Waals surface area contributed by atoms with Gasteiger partial charge < -0.3 is 9.73 Å². The third-order valence-electron chi connectivity index (χ3n) is 4.66. The number of para-hydroxylation sites is 1. The Morgan fingerprint density at radius 3 is 2.74 bits per heavy atom. The number of carbonyl (C=O) groups excluding carboxylic acids is 1. The number of pyridine rings is 1. The van der Waals surface area contributed by atoms with Crippen LogP contribution in [0.2, 0.25) is 0 Å². The number of nitrogens with zero attached hydrogens (tertiary/aromatic N) is 2. The SMILES string of the molecule is Cc1nc(SCC(=O)NC(C)c2cc3ccccc3o2)c(C#N)c(C)c1C. The Kier molecular flexibility index (Phi) is 5.52. The van der Waals surface area contributed by atoms with Crippen molar-refractivity contribution in [2.45, 2.75) is 38.8 Å². The van der Waals surface area contributed by atoms with Crippen molar-refractivity contribution < 1.29 is 9.21 Å². The number of nitriles is 1. The largest absolute Gasteiger partial charge is 0.459 e. The minimum absolute atomic E-state index is 0.130. The van der Waals surface area contributed by atoms with Crippen LogP contribution in [0, 0.1) is 32.1 Å². The first-order valence-electron chi connectivity index (χ1n) is 8.69. The molecule has 2 heterocycles. The summed E-state index contributed by atoms with van der Waals surface area (Å²) in [5.41, 5.74) is 4.16. The van der Waals surface area contributed by atoms with Crippen molar-refractivity contribution in [2.24, 2.45) is 0 Å². The Morgan fingerprint density at radius 2 is 2.04 bits per heavy atom. The first kappa shape index (κ1) is 19.0. The van der Waals surface area contributed by atoms with Gasteiger partial charge >= 0.3 is 0 Å². The maximum absolute atomic E-state index is 12.4. The lowest BCUT2D eigenvalue weighted by Crippen LogP contribution is -2.28. The summed E-state index contributed by atoms with van der Waals surface area (Å²) in [6, 6.07) is 11.7. The first-order chi connectivity index (χ1) is 12.9. The molecule has 6 heteroatoms. The summed E-state index contributed by atoms with van der Waals surface area (Å²) in [5, 5.41) is 14.0. The fourth-order valence-electron chi connectivity index (χ4n) is 2.85. The Bertz CT molecular complexity index is 1020. The summed E-state index contributed by atoms with van der Waals surface area (Å²) >= 11 is 1.28. The number of amides is 1. The molecule has 0 aliphatic carbocycles. The van der Waals surface area contributed by atoms with Crippen molar-refractivity contribution in [3.05, 3.63) is 58.5 Å². The van der Waals surface area contributed by atoms with Gasteiger partial charge in [-0.2, -0.15) is 5.26 Å². The van der Waals surface area contributed by atoms with Crippen LogP contribution >= 0.6 is 11.8 Å². The number of benzene rings is 1. The lowest BCUT2D eigenvalue weighted by Gasteiger charge is -2.13. The fourth-order valence-corrected chi connectivity index (χ4v) is 3.75. The van der Waals surface area contributed by atoms with Gasteiger partial charge in [0.05, 0.1) is 17.4 Å². The van der Waals surface area contributed by atoms with Crippen molar-refractivity contribution in [3.8, 4) is 6.07 Å². The predicted molar refractivity (Wildman–Crippen MR) is 107 cm³/mol. The Morgan fingerprint density at radius 1 is 1.30 bits per heavy atom. The topological polar surface area (TPSA) is 78.9 Å². The maximum Gasteiger partial charge on any atom is 0.231 e. The molecule has 3 aromatic rings. The number of rotatable bonds is 5. The van der Waals surface area contributed by atoms with Gasteiger partial charge in [0.15, 0.2) is 0 Å². The smallest absolute Gasteiger partial charge is 0.231 e.